The summed E-state index contributed by atoms with van der Waals surface area (Å²) in [5, 5.41) is 19.1. The first-order valence-electron chi connectivity index (χ1n) is 8.87. The van der Waals surface area contributed by atoms with Crippen molar-refractivity contribution >= 4 is 17.0 Å². The third-order valence-corrected chi connectivity index (χ3v) is 4.28. The monoisotopic (exact) mass is 432 g/mol. The lowest BCUT2D eigenvalue weighted by atomic mass is 10.0. The largest absolute Gasteiger partial charge is 0.573 e. The number of hydrogen-bond acceptors (Lipinski definition) is 8. The van der Waals surface area contributed by atoms with Gasteiger partial charge in [0.25, 0.3) is 0 Å². The predicted molar refractivity (Wildman–Crippen MR) is 103 cm³/mol. The highest BCUT2D eigenvalue weighted by Gasteiger charge is 2.32. The van der Waals surface area contributed by atoms with Crippen LogP contribution in [0.5, 0.6) is 11.5 Å². The fourth-order valence-electron chi connectivity index (χ4n) is 2.86. The van der Waals surface area contributed by atoms with Crippen LogP contribution in [0.15, 0.2) is 42.6 Å². The van der Waals surface area contributed by atoms with E-state index in [9.17, 15) is 13.2 Å². The van der Waals surface area contributed by atoms with Crippen LogP contribution in [0.25, 0.3) is 22.3 Å². The van der Waals surface area contributed by atoms with Gasteiger partial charge in [-0.1, -0.05) is 23.4 Å². The van der Waals surface area contributed by atoms with Crippen molar-refractivity contribution in [2.45, 2.75) is 19.6 Å². The van der Waals surface area contributed by atoms with Gasteiger partial charge in [-0.05, 0) is 17.7 Å². The van der Waals surface area contributed by atoms with Crippen LogP contribution >= 0.6 is 0 Å². The molecule has 12 heteroatoms. The Labute approximate surface area is 172 Å². The van der Waals surface area contributed by atoms with E-state index in [0.29, 0.717) is 22.3 Å². The van der Waals surface area contributed by atoms with Crippen LogP contribution in [-0.2, 0) is 13.2 Å². The van der Waals surface area contributed by atoms with Crippen LogP contribution in [0.3, 0.4) is 0 Å². The second-order valence-corrected chi connectivity index (χ2v) is 6.41. The zero-order valence-electron chi connectivity index (χ0n) is 15.7. The number of aliphatic hydroxyl groups is 1. The maximum Gasteiger partial charge on any atom is 0.573 e. The summed E-state index contributed by atoms with van der Waals surface area (Å²) in [4.78, 5) is 8.03. The summed E-state index contributed by atoms with van der Waals surface area (Å²) in [7, 11) is 0. The van der Waals surface area contributed by atoms with Crippen LogP contribution in [0.1, 0.15) is 11.3 Å². The topological polar surface area (TPSA) is 132 Å². The number of nitrogens with one attached hydrogen (secondary N) is 1. The molecule has 0 saturated carbocycles. The number of alkyl halides is 3. The van der Waals surface area contributed by atoms with E-state index in [-0.39, 0.29) is 36.0 Å². The fraction of sp³-hybridized carbons (Fsp3) is 0.158. The Morgan fingerprint density at radius 2 is 1.87 bits per heavy atom. The molecule has 0 spiro atoms. The molecule has 3 aromatic heterocycles. The molecule has 0 amide bonds. The smallest absolute Gasteiger partial charge is 0.486 e. The van der Waals surface area contributed by atoms with E-state index in [4.69, 9.17) is 15.6 Å². The first-order chi connectivity index (χ1) is 14.8. The van der Waals surface area contributed by atoms with E-state index in [2.05, 4.69) is 30.1 Å². The molecule has 160 valence electrons. The number of H-pyrrole nitrogens is 1. The predicted octanol–water partition coefficient (Wildman–Crippen LogP) is 2.97. The van der Waals surface area contributed by atoms with E-state index in [1.165, 1.54) is 24.4 Å². The van der Waals surface area contributed by atoms with Gasteiger partial charge in [-0.25, -0.2) is 10.1 Å². The van der Waals surface area contributed by atoms with Crippen LogP contribution in [0.4, 0.5) is 19.0 Å². The number of fused-ring (bicyclic) bond motifs is 1. The maximum absolute atomic E-state index is 13.0. The van der Waals surface area contributed by atoms with E-state index in [1.807, 2.05) is 0 Å². The summed E-state index contributed by atoms with van der Waals surface area (Å²) in [6.07, 6.45) is -3.44. The Hall–Kier alpha value is -3.93. The quantitative estimate of drug-likeness (QED) is 0.424. The Bertz CT molecular complexity index is 1210. The molecule has 4 N–H and O–H groups in total. The first-order valence-corrected chi connectivity index (χ1v) is 8.87. The summed E-state index contributed by atoms with van der Waals surface area (Å²) in [5.74, 6) is -0.0776. The molecule has 0 bridgehead atoms. The van der Waals surface area contributed by atoms with Gasteiger partial charge in [0.1, 0.15) is 18.2 Å². The van der Waals surface area contributed by atoms with Crippen molar-refractivity contribution in [3.05, 3.63) is 53.9 Å². The molecule has 0 aliphatic rings. The number of anilines is 1. The zero-order chi connectivity index (χ0) is 22.0. The molecule has 0 fully saturated rings. The second kappa shape index (κ2) is 8.07. The van der Waals surface area contributed by atoms with Gasteiger partial charge in [0.15, 0.2) is 16.9 Å². The molecule has 0 aliphatic carbocycles. The van der Waals surface area contributed by atoms with E-state index in [0.717, 1.165) is 0 Å². The highest BCUT2D eigenvalue weighted by Crippen LogP contribution is 2.33. The normalized spacial score (nSPS) is 11.6. The molecule has 0 radical (unpaired) electrons. The van der Waals surface area contributed by atoms with Gasteiger partial charge >= 0.3 is 6.36 Å². The van der Waals surface area contributed by atoms with E-state index in [1.54, 1.807) is 18.2 Å². The molecule has 4 aromatic rings. The van der Waals surface area contributed by atoms with Gasteiger partial charge in [-0.2, -0.15) is 0 Å². The molecule has 0 aliphatic heterocycles. The van der Waals surface area contributed by atoms with Crippen LogP contribution < -0.4 is 15.2 Å². The number of benzene rings is 1. The summed E-state index contributed by atoms with van der Waals surface area (Å²) in [6.45, 7) is -0.490. The number of halogens is 3. The van der Waals surface area contributed by atoms with Crippen molar-refractivity contribution in [3.63, 3.8) is 0 Å². The minimum atomic E-state index is -4.90. The average Bonchev–Trinajstić information content (AvgIpc) is 3.20. The van der Waals surface area contributed by atoms with Gasteiger partial charge < -0.3 is 20.3 Å². The van der Waals surface area contributed by atoms with Crippen molar-refractivity contribution in [2.24, 2.45) is 0 Å². The van der Waals surface area contributed by atoms with Crippen molar-refractivity contribution in [3.8, 4) is 22.6 Å². The lowest BCUT2D eigenvalue weighted by Gasteiger charge is -2.15. The van der Waals surface area contributed by atoms with E-state index >= 15 is 0 Å². The fourth-order valence-corrected chi connectivity index (χ4v) is 2.86. The molecular formula is C19H15F3N6O3. The molecule has 9 nitrogen and oxygen atoms in total. The van der Waals surface area contributed by atoms with Crippen molar-refractivity contribution in [1.82, 2.24) is 25.4 Å². The number of aromatic nitrogens is 5. The molecule has 31 heavy (non-hydrogen) atoms. The number of aromatic amines is 1. The number of nitrogens with zero attached hydrogens (tertiary/aromatic N) is 4. The van der Waals surface area contributed by atoms with Crippen LogP contribution in [-0.4, -0.2) is 36.8 Å². The Morgan fingerprint density at radius 1 is 1.06 bits per heavy atom. The molecule has 4 rings (SSSR count). The van der Waals surface area contributed by atoms with Crippen molar-refractivity contribution < 1.29 is 27.8 Å². The summed E-state index contributed by atoms with van der Waals surface area (Å²) in [5.41, 5.74) is 7.88. The Balaban J connectivity index is 1.64. The number of hydrogen-bond donors (Lipinski definition) is 3. The van der Waals surface area contributed by atoms with Gasteiger partial charge in [0, 0.05) is 23.4 Å². The Morgan fingerprint density at radius 3 is 2.58 bits per heavy atom. The third-order valence-electron chi connectivity index (χ3n) is 4.28. The SMILES string of the molecule is Nc1cc(OCc2ccc(-c3ccc(CO)nc3)cc2OC(F)(F)F)c2nn[nH]c2n1. The lowest BCUT2D eigenvalue weighted by Crippen LogP contribution is -2.18. The first kappa shape index (κ1) is 20.3. The highest BCUT2D eigenvalue weighted by atomic mass is 19.4. The molecule has 0 saturated heterocycles. The van der Waals surface area contributed by atoms with Gasteiger partial charge in [-0.3, -0.25) is 4.98 Å². The minimum absolute atomic E-state index is 0.134. The number of nitrogen functional groups attached to an aromatic ring is 1. The van der Waals surface area contributed by atoms with Crippen molar-refractivity contribution in [2.75, 3.05) is 5.73 Å². The van der Waals surface area contributed by atoms with Crippen LogP contribution in [0, 0.1) is 0 Å². The zero-order valence-corrected chi connectivity index (χ0v) is 15.7. The number of ether oxygens (including phenoxy) is 2. The average molecular weight is 432 g/mol. The van der Waals surface area contributed by atoms with Gasteiger partial charge in [-0.15, -0.1) is 18.3 Å². The molecule has 3 heterocycles. The standard InChI is InChI=1S/C19H15F3N6O3/c20-19(21,22)31-14-5-10(11-3-4-13(8-29)24-7-11)1-2-12(14)9-30-15-6-16(23)25-18-17(15)26-28-27-18/h1-7,29H,8-9H2,(H3,23,25,26,27,28). The number of rotatable bonds is 6. The summed E-state index contributed by atoms with van der Waals surface area (Å²) >= 11 is 0. The number of aliphatic hydroxyl groups excluding tert-OH is 1. The van der Waals surface area contributed by atoms with E-state index < -0.39 is 12.1 Å². The maximum atomic E-state index is 13.0. The Kier molecular flexibility index (Phi) is 5.29. The lowest BCUT2D eigenvalue weighted by molar-refractivity contribution is -0.275. The minimum Gasteiger partial charge on any atom is -0.486 e. The third kappa shape index (κ3) is 4.64. The van der Waals surface area contributed by atoms with Crippen LogP contribution in [0.2, 0.25) is 0 Å². The summed E-state index contributed by atoms with van der Waals surface area (Å²) in [6, 6.07) is 8.94. The summed E-state index contributed by atoms with van der Waals surface area (Å²) < 4.78 is 48.8. The highest BCUT2D eigenvalue weighted by molar-refractivity contribution is 5.78. The van der Waals surface area contributed by atoms with Gasteiger partial charge in [0.2, 0.25) is 0 Å². The molecule has 1 aromatic carbocycles. The second-order valence-electron chi connectivity index (χ2n) is 6.41. The number of pyridine rings is 2. The van der Waals surface area contributed by atoms with Gasteiger partial charge in [0.05, 0.1) is 12.3 Å². The molecule has 0 unspecified atom stereocenters. The number of nitrogens with two attached hydrogens (primary N) is 1. The van der Waals surface area contributed by atoms with Crippen molar-refractivity contribution in [1.29, 1.82) is 0 Å². The molecular weight excluding hydrogens is 417 g/mol. The molecule has 0 atom stereocenters.